The Kier molecular flexibility index (Phi) is 10.2. The molecule has 0 atom stereocenters. The number of aryl methyl sites for hydroxylation is 1. The SMILES string of the molecule is CCNC(=NCc1ncc(CC)s1)NC1CCN(Cc2ccccc2)CC1.I. The molecule has 2 aromatic rings. The van der Waals surface area contributed by atoms with Crippen LogP contribution in [0.15, 0.2) is 41.5 Å². The van der Waals surface area contributed by atoms with E-state index in [1.54, 1.807) is 11.3 Å². The van der Waals surface area contributed by atoms with Crippen LogP contribution in [0, 0.1) is 0 Å². The predicted molar refractivity (Wildman–Crippen MR) is 130 cm³/mol. The lowest BCUT2D eigenvalue weighted by Crippen LogP contribution is -2.48. The van der Waals surface area contributed by atoms with Crippen LogP contribution >= 0.6 is 35.3 Å². The quantitative estimate of drug-likeness (QED) is 0.334. The molecule has 1 aromatic carbocycles. The lowest BCUT2D eigenvalue weighted by molar-refractivity contribution is 0.198. The second-order valence-electron chi connectivity index (χ2n) is 6.95. The van der Waals surface area contributed by atoms with E-state index in [9.17, 15) is 0 Å². The lowest BCUT2D eigenvalue weighted by atomic mass is 10.0. The molecule has 1 saturated heterocycles. The molecule has 0 bridgehead atoms. The molecule has 5 nitrogen and oxygen atoms in total. The molecule has 7 heteroatoms. The molecule has 1 fully saturated rings. The molecule has 1 aliphatic heterocycles. The van der Waals surface area contributed by atoms with Gasteiger partial charge in [-0.3, -0.25) is 4.90 Å². The van der Waals surface area contributed by atoms with Crippen LogP contribution < -0.4 is 10.6 Å². The molecule has 1 aromatic heterocycles. The van der Waals surface area contributed by atoms with Gasteiger partial charge in [0.25, 0.3) is 0 Å². The molecule has 0 aliphatic carbocycles. The monoisotopic (exact) mass is 513 g/mol. The summed E-state index contributed by atoms with van der Waals surface area (Å²) in [4.78, 5) is 13.1. The lowest BCUT2D eigenvalue weighted by Gasteiger charge is -2.33. The number of benzene rings is 1. The van der Waals surface area contributed by atoms with Gasteiger partial charge in [-0.15, -0.1) is 35.3 Å². The first kappa shape index (κ1) is 23.1. The second-order valence-corrected chi connectivity index (χ2v) is 8.15. The number of rotatable bonds is 7. The van der Waals surface area contributed by atoms with E-state index in [1.807, 2.05) is 6.20 Å². The Balaban J connectivity index is 0.00000280. The first-order valence-electron chi connectivity index (χ1n) is 10.0. The maximum absolute atomic E-state index is 4.74. The molecule has 28 heavy (non-hydrogen) atoms. The van der Waals surface area contributed by atoms with Crippen molar-refractivity contribution in [1.82, 2.24) is 20.5 Å². The van der Waals surface area contributed by atoms with Crippen molar-refractivity contribution in [2.45, 2.75) is 52.2 Å². The highest BCUT2D eigenvalue weighted by Gasteiger charge is 2.20. The van der Waals surface area contributed by atoms with E-state index in [0.29, 0.717) is 12.6 Å². The van der Waals surface area contributed by atoms with Gasteiger partial charge in [-0.2, -0.15) is 0 Å². The fourth-order valence-corrected chi connectivity index (χ4v) is 4.11. The summed E-state index contributed by atoms with van der Waals surface area (Å²) in [6, 6.07) is 11.2. The van der Waals surface area contributed by atoms with Crippen LogP contribution in [-0.2, 0) is 19.5 Å². The van der Waals surface area contributed by atoms with Gasteiger partial charge in [0.15, 0.2) is 5.96 Å². The second kappa shape index (κ2) is 12.4. The van der Waals surface area contributed by atoms with E-state index in [-0.39, 0.29) is 24.0 Å². The third-order valence-corrected chi connectivity index (χ3v) is 5.97. The van der Waals surface area contributed by atoms with E-state index < -0.39 is 0 Å². The van der Waals surface area contributed by atoms with E-state index >= 15 is 0 Å². The van der Waals surface area contributed by atoms with Gasteiger partial charge in [0.05, 0.1) is 6.54 Å². The van der Waals surface area contributed by atoms with Gasteiger partial charge in [-0.25, -0.2) is 9.98 Å². The summed E-state index contributed by atoms with van der Waals surface area (Å²) in [6.07, 6.45) is 5.31. The highest BCUT2D eigenvalue weighted by Crippen LogP contribution is 2.15. The van der Waals surface area contributed by atoms with Gasteiger partial charge in [0.2, 0.25) is 0 Å². The van der Waals surface area contributed by atoms with E-state index in [0.717, 1.165) is 56.4 Å². The van der Waals surface area contributed by atoms with Crippen molar-refractivity contribution >= 4 is 41.3 Å². The number of halogens is 1. The number of aromatic nitrogens is 1. The topological polar surface area (TPSA) is 52.6 Å². The zero-order valence-corrected chi connectivity index (χ0v) is 20.0. The van der Waals surface area contributed by atoms with E-state index in [4.69, 9.17) is 4.99 Å². The number of nitrogens with one attached hydrogen (secondary N) is 2. The van der Waals surface area contributed by atoms with Crippen LogP contribution in [0.1, 0.15) is 42.1 Å². The zero-order chi connectivity index (χ0) is 18.9. The number of hydrogen-bond acceptors (Lipinski definition) is 4. The standard InChI is InChI=1S/C21H31N5S.HI/c1-3-19-14-23-20(27-19)15-24-21(22-4-2)25-18-10-12-26(13-11-18)16-17-8-6-5-7-9-17;/h5-9,14,18H,3-4,10-13,15-16H2,1-2H3,(H2,22,24,25);1H. The van der Waals surface area contributed by atoms with Gasteiger partial charge in [0.1, 0.15) is 5.01 Å². The summed E-state index contributed by atoms with van der Waals surface area (Å²) in [5.74, 6) is 0.909. The molecule has 0 unspecified atom stereocenters. The number of hydrogen-bond donors (Lipinski definition) is 2. The summed E-state index contributed by atoms with van der Waals surface area (Å²) in [5.41, 5.74) is 1.40. The first-order chi connectivity index (χ1) is 13.3. The van der Waals surface area contributed by atoms with Gasteiger partial charge in [0, 0.05) is 43.3 Å². The number of likely N-dealkylation sites (tertiary alicyclic amines) is 1. The van der Waals surface area contributed by atoms with Gasteiger partial charge in [-0.1, -0.05) is 37.3 Å². The van der Waals surface area contributed by atoms with Gasteiger partial charge in [-0.05, 0) is 31.7 Å². The van der Waals surface area contributed by atoms with Crippen LogP contribution in [0.2, 0.25) is 0 Å². The number of piperidine rings is 1. The van der Waals surface area contributed by atoms with Crippen LogP contribution in [0.4, 0.5) is 0 Å². The van der Waals surface area contributed by atoms with Crippen molar-refractivity contribution < 1.29 is 0 Å². The predicted octanol–water partition coefficient (Wildman–Crippen LogP) is 4.04. The molecule has 0 spiro atoms. The van der Waals surface area contributed by atoms with Crippen molar-refractivity contribution in [2.24, 2.45) is 4.99 Å². The minimum atomic E-state index is 0. The van der Waals surface area contributed by atoms with Crippen LogP contribution in [-0.4, -0.2) is 41.5 Å². The summed E-state index contributed by atoms with van der Waals surface area (Å²) in [7, 11) is 0. The highest BCUT2D eigenvalue weighted by molar-refractivity contribution is 14.0. The molecule has 2 heterocycles. The summed E-state index contributed by atoms with van der Waals surface area (Å²) in [5, 5.41) is 8.08. The maximum Gasteiger partial charge on any atom is 0.191 e. The Bertz CT molecular complexity index is 711. The number of aliphatic imine (C=N–C) groups is 1. The number of guanidine groups is 1. The Hall–Kier alpha value is -1.19. The third kappa shape index (κ3) is 7.33. The van der Waals surface area contributed by atoms with E-state index in [2.05, 4.69) is 64.7 Å². The molecule has 1 aliphatic rings. The third-order valence-electron chi connectivity index (χ3n) is 4.84. The fraction of sp³-hybridized carbons (Fsp3) is 0.524. The molecule has 0 saturated carbocycles. The molecular formula is C21H32IN5S. The van der Waals surface area contributed by atoms with Crippen LogP contribution in [0.3, 0.4) is 0 Å². The van der Waals surface area contributed by atoms with E-state index in [1.165, 1.54) is 10.4 Å². The maximum atomic E-state index is 4.74. The number of nitrogens with zero attached hydrogens (tertiary/aromatic N) is 3. The van der Waals surface area contributed by atoms with Crippen molar-refractivity contribution in [2.75, 3.05) is 19.6 Å². The minimum Gasteiger partial charge on any atom is -0.357 e. The van der Waals surface area contributed by atoms with Crippen molar-refractivity contribution in [1.29, 1.82) is 0 Å². The van der Waals surface area contributed by atoms with Crippen molar-refractivity contribution in [3.8, 4) is 0 Å². The Morgan fingerprint density at radius 3 is 2.61 bits per heavy atom. The Morgan fingerprint density at radius 2 is 1.96 bits per heavy atom. The molecule has 0 amide bonds. The molecule has 2 N–H and O–H groups in total. The van der Waals surface area contributed by atoms with Gasteiger partial charge < -0.3 is 10.6 Å². The normalized spacial score (nSPS) is 15.9. The average Bonchev–Trinajstić information content (AvgIpc) is 3.17. The molecule has 3 rings (SSSR count). The number of thiazole rings is 1. The Labute approximate surface area is 190 Å². The average molecular weight is 513 g/mol. The Morgan fingerprint density at radius 1 is 1.21 bits per heavy atom. The highest BCUT2D eigenvalue weighted by atomic mass is 127. The molecular weight excluding hydrogens is 481 g/mol. The summed E-state index contributed by atoms with van der Waals surface area (Å²) in [6.45, 7) is 9.08. The van der Waals surface area contributed by atoms with Crippen molar-refractivity contribution in [3.63, 3.8) is 0 Å². The van der Waals surface area contributed by atoms with Gasteiger partial charge >= 0.3 is 0 Å². The molecule has 0 radical (unpaired) electrons. The van der Waals surface area contributed by atoms with Crippen LogP contribution in [0.5, 0.6) is 0 Å². The van der Waals surface area contributed by atoms with Crippen molar-refractivity contribution in [3.05, 3.63) is 52.0 Å². The largest absolute Gasteiger partial charge is 0.357 e. The summed E-state index contributed by atoms with van der Waals surface area (Å²) < 4.78 is 0. The first-order valence-corrected chi connectivity index (χ1v) is 10.8. The zero-order valence-electron chi connectivity index (χ0n) is 16.9. The van der Waals surface area contributed by atoms with Crippen LogP contribution in [0.25, 0.3) is 0 Å². The minimum absolute atomic E-state index is 0. The fourth-order valence-electron chi connectivity index (χ4n) is 3.32. The summed E-state index contributed by atoms with van der Waals surface area (Å²) >= 11 is 1.76. The molecule has 154 valence electrons. The smallest absolute Gasteiger partial charge is 0.191 e.